The first-order valence-corrected chi connectivity index (χ1v) is 11.7. The van der Waals surface area contributed by atoms with Crippen molar-refractivity contribution in [1.29, 1.82) is 0 Å². The Balaban J connectivity index is 1.13. The van der Waals surface area contributed by atoms with E-state index >= 15 is 0 Å². The summed E-state index contributed by atoms with van der Waals surface area (Å²) in [5, 5.41) is 6.19. The maximum Gasteiger partial charge on any atom is 0.241 e. The first-order chi connectivity index (χ1) is 15.7. The fraction of sp³-hybridized carbons (Fsp3) is 0.385. The predicted octanol–water partition coefficient (Wildman–Crippen LogP) is 5.00. The van der Waals surface area contributed by atoms with Crippen molar-refractivity contribution < 1.29 is 9.53 Å². The number of aromatic amines is 1. The third-order valence-electron chi connectivity index (χ3n) is 6.51. The smallest absolute Gasteiger partial charge is 0.241 e. The second kappa shape index (κ2) is 9.57. The van der Waals surface area contributed by atoms with Gasteiger partial charge in [-0.3, -0.25) is 4.79 Å². The summed E-state index contributed by atoms with van der Waals surface area (Å²) in [6, 6.07) is 15.9. The van der Waals surface area contributed by atoms with Crippen molar-refractivity contribution in [3.63, 3.8) is 0 Å². The number of anilines is 1. The molecular formula is C26H30N4O2. The highest BCUT2D eigenvalue weighted by Crippen LogP contribution is 2.33. The summed E-state index contributed by atoms with van der Waals surface area (Å²) in [4.78, 5) is 20.3. The van der Waals surface area contributed by atoms with Gasteiger partial charge in [0.2, 0.25) is 5.91 Å². The third kappa shape index (κ3) is 4.86. The molecule has 2 fully saturated rings. The maximum atomic E-state index is 12.2. The van der Waals surface area contributed by atoms with Crippen molar-refractivity contribution >= 4 is 11.6 Å². The van der Waals surface area contributed by atoms with Gasteiger partial charge >= 0.3 is 0 Å². The Hall–Kier alpha value is -3.12. The van der Waals surface area contributed by atoms with Crippen molar-refractivity contribution in [3.8, 4) is 17.0 Å². The van der Waals surface area contributed by atoms with Crippen LogP contribution in [0.5, 0.6) is 5.75 Å². The van der Waals surface area contributed by atoms with Crippen molar-refractivity contribution in [2.75, 3.05) is 11.9 Å². The van der Waals surface area contributed by atoms with Gasteiger partial charge in [-0.1, -0.05) is 25.0 Å². The second-order valence-electron chi connectivity index (χ2n) is 8.81. The van der Waals surface area contributed by atoms with Crippen LogP contribution in [0.15, 0.2) is 54.7 Å². The molecule has 1 aliphatic carbocycles. The van der Waals surface area contributed by atoms with Crippen LogP contribution in [0.1, 0.15) is 55.8 Å². The first kappa shape index (κ1) is 20.8. The molecule has 0 unspecified atom stereocenters. The van der Waals surface area contributed by atoms with Gasteiger partial charge in [-0.25, -0.2) is 4.98 Å². The van der Waals surface area contributed by atoms with Crippen LogP contribution < -0.4 is 15.4 Å². The number of nitrogens with one attached hydrogen (secondary N) is 3. The molecule has 166 valence electrons. The highest BCUT2D eigenvalue weighted by molar-refractivity contribution is 5.95. The predicted molar refractivity (Wildman–Crippen MR) is 126 cm³/mol. The summed E-state index contributed by atoms with van der Waals surface area (Å²) in [5.41, 5.74) is 4.05. The van der Waals surface area contributed by atoms with Gasteiger partial charge in [0.25, 0.3) is 0 Å². The lowest BCUT2D eigenvalue weighted by atomic mass is 10.1. The molecule has 1 atom stereocenters. The SMILES string of the molecule is O=C(Nc1ccc(COc2ccc(-c3cnc(C4CCCC4)[nH]3)cc2)cc1)[C@@H]1CCCN1. The number of nitrogens with zero attached hydrogens (tertiary/aromatic N) is 1. The van der Waals surface area contributed by atoms with Gasteiger partial charge in [0.15, 0.2) is 0 Å². The second-order valence-corrected chi connectivity index (χ2v) is 8.81. The maximum absolute atomic E-state index is 12.2. The van der Waals surface area contributed by atoms with Crippen LogP contribution in [-0.2, 0) is 11.4 Å². The highest BCUT2D eigenvalue weighted by atomic mass is 16.5. The van der Waals surface area contributed by atoms with E-state index in [1.807, 2.05) is 42.6 Å². The third-order valence-corrected chi connectivity index (χ3v) is 6.51. The van der Waals surface area contributed by atoms with Crippen LogP contribution in [0, 0.1) is 0 Å². The number of aromatic nitrogens is 2. The summed E-state index contributed by atoms with van der Waals surface area (Å²) < 4.78 is 5.95. The number of carbonyl (C=O) groups excluding carboxylic acids is 1. The van der Waals surface area contributed by atoms with E-state index in [9.17, 15) is 4.79 Å². The van der Waals surface area contributed by atoms with Gasteiger partial charge < -0.3 is 20.4 Å². The Labute approximate surface area is 188 Å². The molecule has 0 radical (unpaired) electrons. The van der Waals surface area contributed by atoms with E-state index < -0.39 is 0 Å². The Kier molecular flexibility index (Phi) is 6.21. The van der Waals surface area contributed by atoms with E-state index in [1.165, 1.54) is 25.7 Å². The summed E-state index contributed by atoms with van der Waals surface area (Å²) in [6.07, 6.45) is 8.99. The lowest BCUT2D eigenvalue weighted by Gasteiger charge is -2.12. The minimum absolute atomic E-state index is 0.0409. The lowest BCUT2D eigenvalue weighted by Crippen LogP contribution is -2.35. The van der Waals surface area contributed by atoms with E-state index in [2.05, 4.69) is 32.7 Å². The minimum atomic E-state index is -0.0722. The lowest BCUT2D eigenvalue weighted by molar-refractivity contribution is -0.117. The molecule has 5 rings (SSSR count). The van der Waals surface area contributed by atoms with Crippen molar-refractivity contribution in [1.82, 2.24) is 15.3 Å². The molecule has 2 aliphatic rings. The average molecular weight is 431 g/mol. The number of hydrogen-bond acceptors (Lipinski definition) is 4. The zero-order valence-electron chi connectivity index (χ0n) is 18.3. The standard InChI is InChI=1S/C26H30N4O2/c31-26(23-6-3-15-27-23)29-21-11-7-18(8-12-21)17-32-22-13-9-19(10-14-22)24-16-28-25(30-24)20-4-1-2-5-20/h7-14,16,20,23,27H,1-6,15,17H2,(H,28,30)(H,29,31)/t23-/m0/s1. The van der Waals surface area contributed by atoms with Gasteiger partial charge in [-0.05, 0) is 79.8 Å². The number of carbonyl (C=O) groups is 1. The zero-order valence-corrected chi connectivity index (χ0v) is 18.3. The van der Waals surface area contributed by atoms with Gasteiger partial charge in [-0.15, -0.1) is 0 Å². The molecule has 1 aromatic heterocycles. The molecule has 6 nitrogen and oxygen atoms in total. The molecule has 32 heavy (non-hydrogen) atoms. The monoisotopic (exact) mass is 430 g/mol. The Morgan fingerprint density at radius 3 is 2.50 bits per heavy atom. The molecule has 1 aliphatic heterocycles. The largest absolute Gasteiger partial charge is 0.489 e. The Morgan fingerprint density at radius 1 is 1.00 bits per heavy atom. The quantitative estimate of drug-likeness (QED) is 0.493. The topological polar surface area (TPSA) is 79.0 Å². The van der Waals surface area contributed by atoms with Gasteiger partial charge in [0.05, 0.1) is 17.9 Å². The number of hydrogen-bond donors (Lipinski definition) is 3. The molecule has 3 aromatic rings. The van der Waals surface area contributed by atoms with Crippen molar-refractivity contribution in [2.24, 2.45) is 0 Å². The van der Waals surface area contributed by atoms with E-state index in [0.717, 1.165) is 53.5 Å². The number of H-pyrrole nitrogens is 1. The molecule has 2 heterocycles. The number of benzene rings is 2. The van der Waals surface area contributed by atoms with Crippen molar-refractivity contribution in [3.05, 3.63) is 66.1 Å². The Bertz CT molecular complexity index is 1030. The van der Waals surface area contributed by atoms with Gasteiger partial charge in [-0.2, -0.15) is 0 Å². The zero-order chi connectivity index (χ0) is 21.8. The molecule has 0 bridgehead atoms. The average Bonchev–Trinajstić information content (AvgIpc) is 3.61. The summed E-state index contributed by atoms with van der Waals surface area (Å²) in [5.74, 6) is 2.58. The normalized spacial score (nSPS) is 18.7. The van der Waals surface area contributed by atoms with E-state index in [-0.39, 0.29) is 11.9 Å². The summed E-state index contributed by atoms with van der Waals surface area (Å²) in [6.45, 7) is 1.40. The van der Waals surface area contributed by atoms with E-state index in [4.69, 9.17) is 4.74 Å². The number of amides is 1. The fourth-order valence-electron chi connectivity index (χ4n) is 4.61. The number of rotatable bonds is 7. The molecule has 2 aromatic carbocycles. The molecule has 0 spiro atoms. The van der Waals surface area contributed by atoms with Crippen LogP contribution in [-0.4, -0.2) is 28.5 Å². The number of imidazole rings is 1. The molecular weight excluding hydrogens is 400 g/mol. The van der Waals surface area contributed by atoms with Crippen LogP contribution in [0.3, 0.4) is 0 Å². The first-order valence-electron chi connectivity index (χ1n) is 11.7. The molecule has 1 saturated carbocycles. The van der Waals surface area contributed by atoms with Gasteiger partial charge in [0, 0.05) is 11.6 Å². The van der Waals surface area contributed by atoms with E-state index in [0.29, 0.717) is 12.5 Å². The van der Waals surface area contributed by atoms with E-state index in [1.54, 1.807) is 0 Å². The molecule has 6 heteroatoms. The van der Waals surface area contributed by atoms with Crippen LogP contribution in [0.4, 0.5) is 5.69 Å². The van der Waals surface area contributed by atoms with Crippen LogP contribution in [0.2, 0.25) is 0 Å². The highest BCUT2D eigenvalue weighted by Gasteiger charge is 2.22. The van der Waals surface area contributed by atoms with Gasteiger partial charge in [0.1, 0.15) is 18.2 Å². The molecule has 1 amide bonds. The summed E-state index contributed by atoms with van der Waals surface area (Å²) >= 11 is 0. The Morgan fingerprint density at radius 2 is 1.78 bits per heavy atom. The van der Waals surface area contributed by atoms with Crippen molar-refractivity contribution in [2.45, 2.75) is 57.1 Å². The summed E-state index contributed by atoms with van der Waals surface area (Å²) in [7, 11) is 0. The molecule has 3 N–H and O–H groups in total. The van der Waals surface area contributed by atoms with Crippen LogP contribution >= 0.6 is 0 Å². The minimum Gasteiger partial charge on any atom is -0.489 e. The number of ether oxygens (including phenoxy) is 1. The molecule has 1 saturated heterocycles. The fourth-order valence-corrected chi connectivity index (χ4v) is 4.61. The van der Waals surface area contributed by atoms with Crippen LogP contribution in [0.25, 0.3) is 11.3 Å².